The zero-order valence-corrected chi connectivity index (χ0v) is 13.2. The van der Waals surface area contributed by atoms with Gasteiger partial charge in [-0.3, -0.25) is 0 Å². The molecule has 19 heavy (non-hydrogen) atoms. The van der Waals surface area contributed by atoms with Crippen molar-refractivity contribution in [2.24, 2.45) is 17.6 Å². The third kappa shape index (κ3) is 4.10. The summed E-state index contributed by atoms with van der Waals surface area (Å²) in [4.78, 5) is 14.4. The van der Waals surface area contributed by atoms with Gasteiger partial charge in [-0.05, 0) is 38.5 Å². The van der Waals surface area contributed by atoms with E-state index in [1.165, 1.54) is 0 Å². The zero-order valence-electron chi connectivity index (χ0n) is 13.2. The van der Waals surface area contributed by atoms with E-state index >= 15 is 0 Å². The van der Waals surface area contributed by atoms with Crippen molar-refractivity contribution in [3.63, 3.8) is 0 Å². The molecule has 2 N–H and O–H groups in total. The van der Waals surface area contributed by atoms with Crippen molar-refractivity contribution in [3.05, 3.63) is 0 Å². The highest BCUT2D eigenvalue weighted by Gasteiger charge is 2.40. The molecule has 0 saturated carbocycles. The largest absolute Gasteiger partial charge is 0.447 e. The maximum Gasteiger partial charge on any atom is 0.410 e. The van der Waals surface area contributed by atoms with Crippen LogP contribution in [0.2, 0.25) is 0 Å². The molecule has 112 valence electrons. The number of rotatable bonds is 3. The van der Waals surface area contributed by atoms with E-state index in [1.54, 1.807) is 0 Å². The Bertz CT molecular complexity index is 285. The van der Waals surface area contributed by atoms with Gasteiger partial charge in [0.25, 0.3) is 0 Å². The first-order chi connectivity index (χ1) is 8.73. The van der Waals surface area contributed by atoms with Crippen LogP contribution in [0.15, 0.2) is 0 Å². The fraction of sp³-hybridized carbons (Fsp3) is 0.933. The number of nitrogens with zero attached hydrogens (tertiary/aromatic N) is 1. The molecule has 1 aliphatic heterocycles. The molecule has 0 aliphatic carbocycles. The van der Waals surface area contributed by atoms with Crippen LogP contribution in [0.1, 0.15) is 54.4 Å². The molecule has 0 aromatic heterocycles. The minimum absolute atomic E-state index is 0.0799. The van der Waals surface area contributed by atoms with Crippen molar-refractivity contribution < 1.29 is 9.53 Å². The average Bonchev–Trinajstić information content (AvgIpc) is 2.26. The van der Waals surface area contributed by atoms with Gasteiger partial charge >= 0.3 is 6.09 Å². The monoisotopic (exact) mass is 270 g/mol. The maximum absolute atomic E-state index is 12.4. The molecule has 1 aliphatic rings. The van der Waals surface area contributed by atoms with Crippen LogP contribution in [-0.2, 0) is 4.74 Å². The van der Waals surface area contributed by atoms with Gasteiger partial charge in [-0.15, -0.1) is 0 Å². The predicted molar refractivity (Wildman–Crippen MR) is 77.9 cm³/mol. The van der Waals surface area contributed by atoms with Crippen molar-refractivity contribution in [3.8, 4) is 0 Å². The maximum atomic E-state index is 12.4. The fourth-order valence-corrected chi connectivity index (χ4v) is 2.91. The van der Waals surface area contributed by atoms with Crippen molar-refractivity contribution in [2.75, 3.05) is 0 Å². The quantitative estimate of drug-likeness (QED) is 0.857. The summed E-state index contributed by atoms with van der Waals surface area (Å²) in [6.07, 6.45) is 1.48. The molecule has 0 aromatic rings. The summed E-state index contributed by atoms with van der Waals surface area (Å²) < 4.78 is 5.43. The molecular formula is C15H30N2O2. The number of amides is 1. The SMILES string of the molecule is CC(C)OC(=O)N1[C@H](C(C)C)CC(N)C[C@H]1C(C)C. The zero-order chi connectivity index (χ0) is 14.7. The van der Waals surface area contributed by atoms with E-state index in [0.29, 0.717) is 11.8 Å². The molecule has 0 unspecified atom stereocenters. The summed E-state index contributed by atoms with van der Waals surface area (Å²) in [6.45, 7) is 12.4. The first-order valence-electron chi connectivity index (χ1n) is 7.48. The number of likely N-dealkylation sites (tertiary alicyclic amines) is 1. The van der Waals surface area contributed by atoms with Gasteiger partial charge in [0.2, 0.25) is 0 Å². The number of carbonyl (C=O) groups excluding carboxylic acids is 1. The van der Waals surface area contributed by atoms with Crippen LogP contribution in [0, 0.1) is 11.8 Å². The van der Waals surface area contributed by atoms with E-state index in [2.05, 4.69) is 27.7 Å². The van der Waals surface area contributed by atoms with Gasteiger partial charge in [0.15, 0.2) is 0 Å². The lowest BCUT2D eigenvalue weighted by Crippen LogP contribution is -2.59. The highest BCUT2D eigenvalue weighted by atomic mass is 16.6. The number of carbonyl (C=O) groups is 1. The fourth-order valence-electron chi connectivity index (χ4n) is 2.91. The Hall–Kier alpha value is -0.770. The van der Waals surface area contributed by atoms with Crippen LogP contribution in [0.25, 0.3) is 0 Å². The van der Waals surface area contributed by atoms with Crippen molar-refractivity contribution in [1.82, 2.24) is 4.90 Å². The number of piperidine rings is 1. The van der Waals surface area contributed by atoms with E-state index in [1.807, 2.05) is 18.7 Å². The molecule has 1 saturated heterocycles. The van der Waals surface area contributed by atoms with E-state index in [4.69, 9.17) is 10.5 Å². The van der Waals surface area contributed by atoms with Gasteiger partial charge in [0.05, 0.1) is 6.10 Å². The second kappa shape index (κ2) is 6.60. The van der Waals surface area contributed by atoms with E-state index < -0.39 is 0 Å². The Kier molecular flexibility index (Phi) is 5.65. The second-order valence-electron chi connectivity index (χ2n) is 6.69. The second-order valence-corrected chi connectivity index (χ2v) is 6.69. The van der Waals surface area contributed by atoms with E-state index in [0.717, 1.165) is 12.8 Å². The van der Waals surface area contributed by atoms with Crippen LogP contribution in [0.4, 0.5) is 4.79 Å². The Morgan fingerprint density at radius 1 is 1.05 bits per heavy atom. The summed E-state index contributed by atoms with van der Waals surface area (Å²) in [5.41, 5.74) is 6.18. The van der Waals surface area contributed by atoms with Gasteiger partial charge in [-0.1, -0.05) is 27.7 Å². The molecule has 1 rings (SSSR count). The highest BCUT2D eigenvalue weighted by molar-refractivity contribution is 5.69. The van der Waals surface area contributed by atoms with Crippen LogP contribution in [0.5, 0.6) is 0 Å². The lowest BCUT2D eigenvalue weighted by atomic mass is 9.82. The van der Waals surface area contributed by atoms with E-state index in [-0.39, 0.29) is 30.3 Å². The molecule has 0 bridgehead atoms. The minimum Gasteiger partial charge on any atom is -0.447 e. The third-order valence-electron chi connectivity index (χ3n) is 3.89. The molecular weight excluding hydrogens is 240 g/mol. The summed E-state index contributed by atoms with van der Waals surface area (Å²) in [7, 11) is 0. The Balaban J connectivity index is 2.97. The molecule has 1 amide bonds. The average molecular weight is 270 g/mol. The lowest BCUT2D eigenvalue weighted by Gasteiger charge is -2.47. The van der Waals surface area contributed by atoms with Gasteiger partial charge < -0.3 is 15.4 Å². The Morgan fingerprint density at radius 3 is 1.79 bits per heavy atom. The van der Waals surface area contributed by atoms with Crippen LogP contribution in [0.3, 0.4) is 0 Å². The van der Waals surface area contributed by atoms with Crippen molar-refractivity contribution >= 4 is 6.09 Å². The summed E-state index contributed by atoms with van der Waals surface area (Å²) in [5, 5.41) is 0. The van der Waals surface area contributed by atoms with Crippen LogP contribution < -0.4 is 5.73 Å². The number of hydrogen-bond donors (Lipinski definition) is 1. The highest BCUT2D eigenvalue weighted by Crippen LogP contribution is 2.31. The molecule has 0 aromatic carbocycles. The molecule has 4 nitrogen and oxygen atoms in total. The number of ether oxygens (including phenoxy) is 1. The molecule has 0 spiro atoms. The van der Waals surface area contributed by atoms with Crippen LogP contribution in [-0.4, -0.2) is 35.2 Å². The van der Waals surface area contributed by atoms with Gasteiger partial charge in [0.1, 0.15) is 0 Å². The molecule has 1 fully saturated rings. The number of hydrogen-bond acceptors (Lipinski definition) is 3. The summed E-state index contributed by atoms with van der Waals surface area (Å²) in [6, 6.07) is 0.549. The van der Waals surface area contributed by atoms with Gasteiger partial charge in [-0.2, -0.15) is 0 Å². The Morgan fingerprint density at radius 2 is 1.47 bits per heavy atom. The standard InChI is InChI=1S/C15H30N2O2/c1-9(2)13-7-12(16)8-14(10(3)4)17(13)15(18)19-11(5)6/h9-14H,7-8,16H2,1-6H3/t13-,14-/m0/s1. The van der Waals surface area contributed by atoms with E-state index in [9.17, 15) is 4.79 Å². The molecule has 4 heteroatoms. The van der Waals surface area contributed by atoms with Crippen molar-refractivity contribution in [2.45, 2.75) is 78.6 Å². The topological polar surface area (TPSA) is 55.6 Å². The van der Waals surface area contributed by atoms with Crippen LogP contribution >= 0.6 is 0 Å². The minimum atomic E-state index is -0.181. The lowest BCUT2D eigenvalue weighted by molar-refractivity contribution is 0.00154. The summed E-state index contributed by atoms with van der Waals surface area (Å²) >= 11 is 0. The van der Waals surface area contributed by atoms with Gasteiger partial charge in [0, 0.05) is 18.1 Å². The first kappa shape index (κ1) is 16.3. The third-order valence-corrected chi connectivity index (χ3v) is 3.89. The smallest absolute Gasteiger partial charge is 0.410 e. The molecule has 0 radical (unpaired) electrons. The predicted octanol–water partition coefficient (Wildman–Crippen LogP) is 3.00. The number of nitrogens with two attached hydrogens (primary N) is 1. The summed E-state index contributed by atoms with van der Waals surface area (Å²) in [5.74, 6) is 0.791. The Labute approximate surface area is 117 Å². The van der Waals surface area contributed by atoms with Gasteiger partial charge in [-0.25, -0.2) is 4.79 Å². The molecule has 1 heterocycles. The normalized spacial score (nSPS) is 28.3. The molecule has 2 atom stereocenters. The first-order valence-corrected chi connectivity index (χ1v) is 7.48. The van der Waals surface area contributed by atoms with Crippen molar-refractivity contribution in [1.29, 1.82) is 0 Å².